The van der Waals surface area contributed by atoms with Crippen molar-refractivity contribution in [2.75, 3.05) is 12.3 Å². The molecule has 0 bridgehead atoms. The van der Waals surface area contributed by atoms with Gasteiger partial charge < -0.3 is 10.8 Å². The van der Waals surface area contributed by atoms with Gasteiger partial charge >= 0.3 is 0 Å². The van der Waals surface area contributed by atoms with Gasteiger partial charge in [-0.3, -0.25) is 4.79 Å². The van der Waals surface area contributed by atoms with Crippen LogP contribution in [0.1, 0.15) is 23.2 Å². The van der Waals surface area contributed by atoms with Crippen LogP contribution in [0.3, 0.4) is 0 Å². The Balaban J connectivity index is 2.83. The lowest BCUT2D eigenvalue weighted by atomic mass is 10.1. The summed E-state index contributed by atoms with van der Waals surface area (Å²) >= 11 is 5.74. The van der Waals surface area contributed by atoms with Gasteiger partial charge in [-0.15, -0.1) is 0 Å². The third kappa shape index (κ3) is 2.72. The van der Waals surface area contributed by atoms with Gasteiger partial charge in [-0.05, 0) is 24.6 Å². The summed E-state index contributed by atoms with van der Waals surface area (Å²) in [6, 6.07) is 4.80. The standard InChI is InChI=1S/C10H12ClNO2/c11-7-3-4-9(12)8(6-7)10(14)2-1-5-13/h3-4,6,13H,1-2,5,12H2. The molecule has 0 unspecified atom stereocenters. The summed E-state index contributed by atoms with van der Waals surface area (Å²) in [5.74, 6) is -0.0842. The summed E-state index contributed by atoms with van der Waals surface area (Å²) in [6.45, 7) is 0.00616. The normalized spacial score (nSPS) is 10.1. The van der Waals surface area contributed by atoms with Crippen molar-refractivity contribution in [1.29, 1.82) is 0 Å². The molecule has 0 spiro atoms. The Labute approximate surface area is 87.5 Å². The van der Waals surface area contributed by atoms with Gasteiger partial charge in [0.1, 0.15) is 0 Å². The Morgan fingerprint density at radius 3 is 2.86 bits per heavy atom. The van der Waals surface area contributed by atoms with Crippen LogP contribution >= 0.6 is 11.6 Å². The number of aliphatic hydroxyl groups is 1. The molecule has 0 saturated heterocycles. The molecule has 1 aromatic rings. The van der Waals surface area contributed by atoms with Crippen molar-refractivity contribution in [2.24, 2.45) is 0 Å². The first-order valence-electron chi connectivity index (χ1n) is 4.34. The molecular formula is C10H12ClNO2. The first kappa shape index (κ1) is 11.0. The number of benzene rings is 1. The highest BCUT2D eigenvalue weighted by molar-refractivity contribution is 6.31. The predicted molar refractivity (Wildman–Crippen MR) is 56.5 cm³/mol. The van der Waals surface area contributed by atoms with Gasteiger partial charge in [0.05, 0.1) is 0 Å². The van der Waals surface area contributed by atoms with E-state index in [2.05, 4.69) is 0 Å². The van der Waals surface area contributed by atoms with Crippen LogP contribution in [0, 0.1) is 0 Å². The molecule has 0 fully saturated rings. The van der Waals surface area contributed by atoms with E-state index in [1.165, 1.54) is 0 Å². The van der Waals surface area contributed by atoms with E-state index in [9.17, 15) is 4.79 Å². The van der Waals surface area contributed by atoms with Crippen LogP contribution in [0.15, 0.2) is 18.2 Å². The monoisotopic (exact) mass is 213 g/mol. The number of carbonyl (C=O) groups excluding carboxylic acids is 1. The fourth-order valence-electron chi connectivity index (χ4n) is 1.14. The zero-order chi connectivity index (χ0) is 10.6. The van der Waals surface area contributed by atoms with E-state index < -0.39 is 0 Å². The van der Waals surface area contributed by atoms with Crippen molar-refractivity contribution in [3.8, 4) is 0 Å². The number of hydrogen-bond donors (Lipinski definition) is 2. The number of ketones is 1. The molecule has 4 heteroatoms. The second-order valence-corrected chi connectivity index (χ2v) is 3.42. The first-order valence-corrected chi connectivity index (χ1v) is 4.72. The van der Waals surface area contributed by atoms with Crippen molar-refractivity contribution in [3.63, 3.8) is 0 Å². The third-order valence-electron chi connectivity index (χ3n) is 1.88. The molecule has 0 aromatic heterocycles. The predicted octanol–water partition coefficient (Wildman–Crippen LogP) is 1.88. The fourth-order valence-corrected chi connectivity index (χ4v) is 1.32. The number of Topliss-reactive ketones (excluding diaryl/α,β-unsaturated/α-hetero) is 1. The molecule has 0 saturated carbocycles. The molecule has 0 amide bonds. The number of halogens is 1. The summed E-state index contributed by atoms with van der Waals surface area (Å²) in [4.78, 5) is 11.5. The van der Waals surface area contributed by atoms with Crippen LogP contribution in [-0.4, -0.2) is 17.5 Å². The summed E-state index contributed by atoms with van der Waals surface area (Å²) in [5.41, 5.74) is 6.48. The minimum atomic E-state index is -0.0842. The fraction of sp³-hybridized carbons (Fsp3) is 0.300. The number of nitrogens with two attached hydrogens (primary N) is 1. The summed E-state index contributed by atoms with van der Waals surface area (Å²) in [7, 11) is 0. The Morgan fingerprint density at radius 1 is 1.50 bits per heavy atom. The molecule has 0 aliphatic heterocycles. The van der Waals surface area contributed by atoms with Crippen LogP contribution in [0.25, 0.3) is 0 Å². The zero-order valence-corrected chi connectivity index (χ0v) is 8.42. The minimum Gasteiger partial charge on any atom is -0.398 e. The lowest BCUT2D eigenvalue weighted by Gasteiger charge is -2.04. The summed E-state index contributed by atoms with van der Waals surface area (Å²) in [5, 5.41) is 9.07. The van der Waals surface area contributed by atoms with E-state index in [0.29, 0.717) is 29.1 Å². The van der Waals surface area contributed by atoms with E-state index in [-0.39, 0.29) is 12.4 Å². The van der Waals surface area contributed by atoms with Gasteiger partial charge in [-0.2, -0.15) is 0 Å². The Kier molecular flexibility index (Phi) is 3.92. The van der Waals surface area contributed by atoms with Crippen molar-refractivity contribution in [1.82, 2.24) is 0 Å². The molecule has 0 aliphatic rings. The van der Waals surface area contributed by atoms with Crippen molar-refractivity contribution < 1.29 is 9.90 Å². The number of carbonyl (C=O) groups is 1. The number of anilines is 1. The maximum absolute atomic E-state index is 11.5. The molecule has 3 N–H and O–H groups in total. The van der Waals surface area contributed by atoms with E-state index in [1.54, 1.807) is 18.2 Å². The second-order valence-electron chi connectivity index (χ2n) is 2.98. The van der Waals surface area contributed by atoms with Crippen molar-refractivity contribution >= 4 is 23.1 Å². The molecule has 0 aliphatic carbocycles. The van der Waals surface area contributed by atoms with E-state index in [1.807, 2.05) is 0 Å². The lowest BCUT2D eigenvalue weighted by Crippen LogP contribution is -2.04. The van der Waals surface area contributed by atoms with Crippen LogP contribution in [0.4, 0.5) is 5.69 Å². The average Bonchev–Trinajstić information content (AvgIpc) is 2.18. The van der Waals surface area contributed by atoms with E-state index in [4.69, 9.17) is 22.4 Å². The van der Waals surface area contributed by atoms with Crippen molar-refractivity contribution in [3.05, 3.63) is 28.8 Å². The molecule has 14 heavy (non-hydrogen) atoms. The lowest BCUT2D eigenvalue weighted by molar-refractivity contribution is 0.0972. The maximum Gasteiger partial charge on any atom is 0.165 e. The van der Waals surface area contributed by atoms with Crippen LogP contribution in [0.5, 0.6) is 0 Å². The SMILES string of the molecule is Nc1ccc(Cl)cc1C(=O)CCCO. The highest BCUT2D eigenvalue weighted by Crippen LogP contribution is 2.19. The quantitative estimate of drug-likeness (QED) is 0.593. The smallest absolute Gasteiger partial charge is 0.165 e. The number of rotatable bonds is 4. The number of hydrogen-bond acceptors (Lipinski definition) is 3. The third-order valence-corrected chi connectivity index (χ3v) is 2.11. The van der Waals surface area contributed by atoms with Crippen LogP contribution in [0.2, 0.25) is 5.02 Å². The number of nitrogen functional groups attached to an aromatic ring is 1. The first-order chi connectivity index (χ1) is 6.65. The van der Waals surface area contributed by atoms with Crippen molar-refractivity contribution in [2.45, 2.75) is 12.8 Å². The van der Waals surface area contributed by atoms with Gasteiger partial charge in [-0.25, -0.2) is 0 Å². The Bertz CT molecular complexity index is 339. The van der Waals surface area contributed by atoms with Crippen LogP contribution < -0.4 is 5.73 Å². The van der Waals surface area contributed by atoms with E-state index >= 15 is 0 Å². The minimum absolute atomic E-state index is 0.00616. The maximum atomic E-state index is 11.5. The molecule has 1 aromatic carbocycles. The zero-order valence-electron chi connectivity index (χ0n) is 7.66. The molecule has 1 rings (SSSR count). The second kappa shape index (κ2) is 4.98. The topological polar surface area (TPSA) is 63.3 Å². The van der Waals surface area contributed by atoms with Gasteiger partial charge in [-0.1, -0.05) is 11.6 Å². The number of aliphatic hydroxyl groups excluding tert-OH is 1. The Morgan fingerprint density at radius 2 is 2.21 bits per heavy atom. The van der Waals surface area contributed by atoms with E-state index in [0.717, 1.165) is 0 Å². The van der Waals surface area contributed by atoms with Gasteiger partial charge in [0.25, 0.3) is 0 Å². The Hall–Kier alpha value is -1.06. The average molecular weight is 214 g/mol. The molecule has 0 radical (unpaired) electrons. The highest BCUT2D eigenvalue weighted by Gasteiger charge is 2.09. The molecule has 0 atom stereocenters. The largest absolute Gasteiger partial charge is 0.398 e. The highest BCUT2D eigenvalue weighted by atomic mass is 35.5. The van der Waals surface area contributed by atoms with Gasteiger partial charge in [0.2, 0.25) is 0 Å². The summed E-state index contributed by atoms with van der Waals surface area (Å²) < 4.78 is 0. The molecule has 76 valence electrons. The molecule has 0 heterocycles. The van der Waals surface area contributed by atoms with Crippen LogP contribution in [-0.2, 0) is 0 Å². The van der Waals surface area contributed by atoms with Gasteiger partial charge in [0, 0.05) is 29.3 Å². The molecular weight excluding hydrogens is 202 g/mol. The summed E-state index contributed by atoms with van der Waals surface area (Å²) in [6.07, 6.45) is 0.742. The van der Waals surface area contributed by atoms with Gasteiger partial charge in [0.15, 0.2) is 5.78 Å². The molecule has 3 nitrogen and oxygen atoms in total.